The number of amides is 1. The smallest absolute Gasteiger partial charge is 0.227 e. The van der Waals surface area contributed by atoms with Gasteiger partial charge in [0.1, 0.15) is 11.7 Å². The number of benzene rings is 1. The summed E-state index contributed by atoms with van der Waals surface area (Å²) in [6.07, 6.45) is 3.49. The van der Waals surface area contributed by atoms with Crippen molar-refractivity contribution in [3.63, 3.8) is 0 Å². The third-order valence-electron chi connectivity index (χ3n) is 4.73. The summed E-state index contributed by atoms with van der Waals surface area (Å²) < 4.78 is 0. The molecule has 1 aromatic carbocycles. The lowest BCUT2D eigenvalue weighted by atomic mass is 10.3. The Morgan fingerprint density at radius 3 is 2.55 bits per heavy atom. The van der Waals surface area contributed by atoms with E-state index in [-0.39, 0.29) is 17.7 Å². The fraction of sp³-hybridized carbons (Fsp3) is 0.364. The third-order valence-corrected chi connectivity index (χ3v) is 5.60. The molecule has 0 aliphatic heterocycles. The van der Waals surface area contributed by atoms with Crippen LogP contribution in [0.3, 0.4) is 0 Å². The Balaban J connectivity index is 1.81. The molecule has 0 atom stereocenters. The molecule has 0 bridgehead atoms. The van der Waals surface area contributed by atoms with Crippen molar-refractivity contribution in [1.82, 2.24) is 15.0 Å². The summed E-state index contributed by atoms with van der Waals surface area (Å²) in [7, 11) is 3.46. The van der Waals surface area contributed by atoms with Gasteiger partial charge in [0, 0.05) is 55.4 Å². The van der Waals surface area contributed by atoms with E-state index in [4.69, 9.17) is 11.5 Å². The van der Waals surface area contributed by atoms with Gasteiger partial charge >= 0.3 is 0 Å². The Morgan fingerprint density at radius 2 is 1.94 bits per heavy atom. The Morgan fingerprint density at radius 1 is 1.24 bits per heavy atom. The van der Waals surface area contributed by atoms with Gasteiger partial charge in [0.25, 0.3) is 0 Å². The number of carbonyl (C=O) groups is 1. The fourth-order valence-corrected chi connectivity index (χ4v) is 3.57. The maximum Gasteiger partial charge on any atom is 0.227 e. The van der Waals surface area contributed by atoms with Crippen molar-refractivity contribution in [3.8, 4) is 0 Å². The van der Waals surface area contributed by atoms with E-state index in [1.807, 2.05) is 36.2 Å². The Hall–Kier alpha value is -3.15. The molecule has 0 saturated heterocycles. The number of hydroxylamine groups is 2. The topological polar surface area (TPSA) is 146 Å². The molecule has 1 amide bonds. The van der Waals surface area contributed by atoms with Crippen molar-refractivity contribution in [3.05, 3.63) is 42.1 Å². The number of anilines is 2. The maximum atomic E-state index is 11.9. The van der Waals surface area contributed by atoms with Crippen LogP contribution in [0.25, 0.3) is 0 Å². The van der Waals surface area contributed by atoms with Crippen LogP contribution < -0.4 is 21.7 Å². The first-order valence-corrected chi connectivity index (χ1v) is 11.4. The van der Waals surface area contributed by atoms with E-state index >= 15 is 0 Å². The lowest BCUT2D eigenvalue weighted by Crippen LogP contribution is -2.29. The predicted octanol–water partition coefficient (Wildman–Crippen LogP) is 2.58. The molecular weight excluding hydrogens is 440 g/mol. The Labute approximate surface area is 197 Å². The average molecular weight is 471 g/mol. The molecule has 0 radical (unpaired) electrons. The van der Waals surface area contributed by atoms with E-state index in [1.54, 1.807) is 26.1 Å². The van der Waals surface area contributed by atoms with Crippen LogP contribution in [0.5, 0.6) is 0 Å². The zero-order valence-corrected chi connectivity index (χ0v) is 19.8. The predicted molar refractivity (Wildman–Crippen MR) is 131 cm³/mol. The van der Waals surface area contributed by atoms with Crippen LogP contribution in [-0.2, 0) is 4.79 Å². The van der Waals surface area contributed by atoms with Crippen molar-refractivity contribution in [2.45, 2.75) is 29.8 Å². The Kier molecular flexibility index (Phi) is 8.26. The lowest BCUT2D eigenvalue weighted by molar-refractivity contribution is -0.117. The zero-order chi connectivity index (χ0) is 24.0. The van der Waals surface area contributed by atoms with Gasteiger partial charge in [-0.1, -0.05) is 0 Å². The Bertz CT molecular complexity index is 1030. The van der Waals surface area contributed by atoms with Crippen LogP contribution in [0.2, 0.25) is 0 Å². The minimum atomic E-state index is 0.0739. The van der Waals surface area contributed by atoms with Crippen molar-refractivity contribution in [1.29, 1.82) is 0 Å². The first-order valence-electron chi connectivity index (χ1n) is 10.6. The molecular formula is C22H30N8O2S. The first-order chi connectivity index (χ1) is 15.7. The van der Waals surface area contributed by atoms with Gasteiger partial charge in [0.15, 0.2) is 11.0 Å². The highest BCUT2D eigenvalue weighted by Gasteiger charge is 2.29. The van der Waals surface area contributed by atoms with E-state index < -0.39 is 0 Å². The number of rotatable bonds is 10. The molecule has 1 aliphatic rings. The van der Waals surface area contributed by atoms with E-state index in [9.17, 15) is 10.0 Å². The summed E-state index contributed by atoms with van der Waals surface area (Å²) in [6.45, 7) is 2.71. The largest absolute Gasteiger partial charge is 0.402 e. The number of nitrogens with one attached hydrogen (secondary N) is 1. The summed E-state index contributed by atoms with van der Waals surface area (Å²) in [4.78, 5) is 28.3. The van der Waals surface area contributed by atoms with Crippen LogP contribution in [0, 0.1) is 5.92 Å². The number of aliphatic imine (C=N–C) groups is 1. The van der Waals surface area contributed by atoms with Crippen LogP contribution in [0.15, 0.2) is 57.1 Å². The monoisotopic (exact) mass is 470 g/mol. The normalized spacial score (nSPS) is 14.5. The summed E-state index contributed by atoms with van der Waals surface area (Å²) in [5, 5.41) is 14.0. The molecule has 0 spiro atoms. The second kappa shape index (κ2) is 11.1. The second-order valence-corrected chi connectivity index (χ2v) is 9.03. The molecule has 1 fully saturated rings. The number of amidine groups is 1. The molecule has 33 heavy (non-hydrogen) atoms. The quantitative estimate of drug-likeness (QED) is 0.178. The first kappa shape index (κ1) is 24.5. The summed E-state index contributed by atoms with van der Waals surface area (Å²) in [5.74, 6) is 1.51. The van der Waals surface area contributed by atoms with Crippen molar-refractivity contribution >= 4 is 40.8 Å². The molecule has 1 aromatic heterocycles. The van der Waals surface area contributed by atoms with E-state index in [1.165, 1.54) is 11.8 Å². The van der Waals surface area contributed by atoms with Crippen LogP contribution in [0.1, 0.15) is 19.8 Å². The van der Waals surface area contributed by atoms with Gasteiger partial charge in [-0.25, -0.2) is 15.0 Å². The number of carbonyl (C=O) groups excluding carboxylic acids is 1. The van der Waals surface area contributed by atoms with Gasteiger partial charge in [-0.15, -0.1) is 0 Å². The van der Waals surface area contributed by atoms with Gasteiger partial charge < -0.3 is 26.9 Å². The minimum absolute atomic E-state index is 0.0739. The average Bonchev–Trinajstić information content (AvgIpc) is 3.58. The summed E-state index contributed by atoms with van der Waals surface area (Å²) in [5.41, 5.74) is 12.9. The molecule has 2 aromatic rings. The molecule has 3 rings (SSSR count). The minimum Gasteiger partial charge on any atom is -0.402 e. The van der Waals surface area contributed by atoms with Crippen LogP contribution >= 0.6 is 11.8 Å². The lowest BCUT2D eigenvalue weighted by Gasteiger charge is -2.20. The molecule has 11 heteroatoms. The van der Waals surface area contributed by atoms with Gasteiger partial charge in [0.05, 0.1) is 0 Å². The van der Waals surface area contributed by atoms with Gasteiger partial charge in [-0.3, -0.25) is 4.79 Å². The van der Waals surface area contributed by atoms with Gasteiger partial charge in [-0.05, 0) is 61.9 Å². The van der Waals surface area contributed by atoms with Crippen molar-refractivity contribution in [2.24, 2.45) is 22.4 Å². The molecule has 0 unspecified atom stereocenters. The number of nitrogens with zero attached hydrogens (tertiary/aromatic N) is 5. The molecule has 1 saturated carbocycles. The van der Waals surface area contributed by atoms with Crippen LogP contribution in [-0.4, -0.2) is 59.2 Å². The number of aromatic nitrogens is 2. The van der Waals surface area contributed by atoms with E-state index in [0.717, 1.165) is 28.5 Å². The fourth-order valence-electron chi connectivity index (χ4n) is 2.81. The standard InChI is InChI=1S/C22H30N8O2S/c1-14(23)12-18(24)26-19-13-20(29(2)10-11-30(3)32)28-22(27-19)33-17-8-6-16(7-9-17)25-21(31)15-4-5-15/h6-9,12-13,15,32H,4-5,10-11,23H2,1-3H3,(H,25,31)(H2,24,26,27,28)/b14-12-. The molecule has 10 nitrogen and oxygen atoms in total. The van der Waals surface area contributed by atoms with E-state index in [2.05, 4.69) is 20.3 Å². The zero-order valence-electron chi connectivity index (χ0n) is 19.0. The number of hydrogen-bond acceptors (Lipinski definition) is 9. The van der Waals surface area contributed by atoms with Crippen molar-refractivity contribution in [2.75, 3.05) is 37.4 Å². The number of hydrogen-bond donors (Lipinski definition) is 4. The SMILES string of the molecule is C/C(N)=C/C(N)=N\c1cc(N(C)CCN(C)O)nc(Sc2ccc(NC(=O)C3CC3)cc2)n1. The number of likely N-dealkylation sites (N-methyl/N-ethyl adjacent to an activating group) is 2. The summed E-state index contributed by atoms with van der Waals surface area (Å²) in [6, 6.07) is 9.27. The molecule has 1 aliphatic carbocycles. The highest BCUT2D eigenvalue weighted by atomic mass is 32.2. The van der Waals surface area contributed by atoms with Gasteiger partial charge in [0.2, 0.25) is 5.91 Å². The molecule has 6 N–H and O–H groups in total. The highest BCUT2D eigenvalue weighted by molar-refractivity contribution is 7.99. The number of nitrogens with two attached hydrogens (primary N) is 2. The maximum absolute atomic E-state index is 11.9. The van der Waals surface area contributed by atoms with Crippen LogP contribution in [0.4, 0.5) is 17.3 Å². The third kappa shape index (κ3) is 8.04. The number of allylic oxidation sites excluding steroid dienone is 1. The molecule has 176 valence electrons. The second-order valence-electron chi connectivity index (χ2n) is 7.98. The molecule has 1 heterocycles. The van der Waals surface area contributed by atoms with Crippen molar-refractivity contribution < 1.29 is 10.0 Å². The highest BCUT2D eigenvalue weighted by Crippen LogP contribution is 2.32. The van der Waals surface area contributed by atoms with Gasteiger partial charge in [-0.2, -0.15) is 5.06 Å². The van der Waals surface area contributed by atoms with E-state index in [0.29, 0.717) is 35.6 Å². The summed E-state index contributed by atoms with van der Waals surface area (Å²) >= 11 is 1.37.